The number of hydrogen-bond donors (Lipinski definition) is 1. The maximum absolute atomic E-state index is 12.1. The second-order valence-electron chi connectivity index (χ2n) is 7.61. The highest BCUT2D eigenvalue weighted by Crippen LogP contribution is 2.22. The van der Waals surface area contributed by atoms with Gasteiger partial charge in [-0.25, -0.2) is 13.1 Å². The first-order valence-electron chi connectivity index (χ1n) is 8.46. The van der Waals surface area contributed by atoms with Crippen molar-refractivity contribution in [3.63, 3.8) is 0 Å². The van der Waals surface area contributed by atoms with E-state index >= 15 is 0 Å². The lowest BCUT2D eigenvalue weighted by Crippen LogP contribution is -2.56. The van der Waals surface area contributed by atoms with Gasteiger partial charge in [-0.3, -0.25) is 4.90 Å². The van der Waals surface area contributed by atoms with Gasteiger partial charge in [-0.05, 0) is 46.7 Å². The molecule has 1 aliphatic heterocycles. The van der Waals surface area contributed by atoms with Gasteiger partial charge in [-0.15, -0.1) is 0 Å². The standard InChI is InChI=1S/C16H35N3O2S/c1-7-14(2)12-22(20,21)17-13-16(3,4)19-10-8-15(9-11-19)18(5)6/h14-15,17H,7-13H2,1-6H3/t14-/m0/s1. The van der Waals surface area contributed by atoms with Gasteiger partial charge in [0.05, 0.1) is 5.75 Å². The molecule has 1 rings (SSSR count). The molecule has 6 heteroatoms. The molecule has 0 aromatic rings. The zero-order valence-corrected chi connectivity index (χ0v) is 16.0. The van der Waals surface area contributed by atoms with E-state index in [2.05, 4.69) is 42.5 Å². The van der Waals surface area contributed by atoms with E-state index in [0.717, 1.165) is 32.4 Å². The molecule has 0 saturated carbocycles. The van der Waals surface area contributed by atoms with Crippen molar-refractivity contribution in [2.75, 3.05) is 39.5 Å². The highest BCUT2D eigenvalue weighted by atomic mass is 32.2. The Morgan fingerprint density at radius 3 is 2.27 bits per heavy atom. The normalized spacial score (nSPS) is 20.5. The zero-order valence-electron chi connectivity index (χ0n) is 15.2. The van der Waals surface area contributed by atoms with Gasteiger partial charge in [0.1, 0.15) is 0 Å². The van der Waals surface area contributed by atoms with Crippen molar-refractivity contribution in [3.05, 3.63) is 0 Å². The lowest BCUT2D eigenvalue weighted by atomic mass is 9.96. The largest absolute Gasteiger partial charge is 0.306 e. The molecule has 0 aromatic heterocycles. The van der Waals surface area contributed by atoms with Crippen molar-refractivity contribution < 1.29 is 8.42 Å². The number of nitrogens with one attached hydrogen (secondary N) is 1. The van der Waals surface area contributed by atoms with Crippen LogP contribution in [0.1, 0.15) is 47.0 Å². The third-order valence-electron chi connectivity index (χ3n) is 4.98. The highest BCUT2D eigenvalue weighted by Gasteiger charge is 2.32. The van der Waals surface area contributed by atoms with E-state index in [0.29, 0.717) is 12.6 Å². The fourth-order valence-electron chi connectivity index (χ4n) is 2.94. The minimum absolute atomic E-state index is 0.139. The van der Waals surface area contributed by atoms with Crippen molar-refractivity contribution >= 4 is 10.0 Å². The van der Waals surface area contributed by atoms with Gasteiger partial charge in [-0.1, -0.05) is 20.3 Å². The lowest BCUT2D eigenvalue weighted by molar-refractivity contribution is 0.0649. The van der Waals surface area contributed by atoms with Crippen molar-refractivity contribution in [2.24, 2.45) is 5.92 Å². The van der Waals surface area contributed by atoms with Crippen molar-refractivity contribution in [1.29, 1.82) is 0 Å². The average Bonchev–Trinajstić information content (AvgIpc) is 2.45. The molecule has 0 amide bonds. The number of sulfonamides is 1. The Balaban J connectivity index is 2.51. The minimum atomic E-state index is -3.17. The first kappa shape index (κ1) is 19.9. The Hall–Kier alpha value is -0.170. The molecule has 1 atom stereocenters. The van der Waals surface area contributed by atoms with E-state index in [1.807, 2.05) is 13.8 Å². The van der Waals surface area contributed by atoms with Crippen LogP contribution in [-0.2, 0) is 10.0 Å². The monoisotopic (exact) mass is 333 g/mol. The van der Waals surface area contributed by atoms with Gasteiger partial charge in [0, 0.05) is 31.2 Å². The summed E-state index contributed by atoms with van der Waals surface area (Å²) in [5, 5.41) is 0. The summed E-state index contributed by atoms with van der Waals surface area (Å²) in [7, 11) is 1.09. The maximum Gasteiger partial charge on any atom is 0.211 e. The Labute approximate surface area is 137 Å². The summed E-state index contributed by atoms with van der Waals surface area (Å²) in [6.45, 7) is 10.8. The molecular weight excluding hydrogens is 298 g/mol. The Kier molecular flexibility index (Phi) is 7.30. The Morgan fingerprint density at radius 1 is 1.27 bits per heavy atom. The summed E-state index contributed by atoms with van der Waals surface area (Å²) in [6, 6.07) is 0.647. The van der Waals surface area contributed by atoms with Gasteiger partial charge in [0.15, 0.2) is 0 Å². The summed E-state index contributed by atoms with van der Waals surface area (Å²) >= 11 is 0. The SMILES string of the molecule is CC[C@H](C)CS(=O)(=O)NCC(C)(C)N1CCC(N(C)C)CC1. The van der Waals surface area contributed by atoms with Gasteiger partial charge < -0.3 is 4.90 Å². The van der Waals surface area contributed by atoms with E-state index < -0.39 is 10.0 Å². The number of hydrogen-bond acceptors (Lipinski definition) is 4. The van der Waals surface area contributed by atoms with Crippen molar-refractivity contribution in [2.45, 2.75) is 58.5 Å². The van der Waals surface area contributed by atoms with Crippen molar-refractivity contribution in [3.8, 4) is 0 Å². The third-order valence-corrected chi connectivity index (χ3v) is 6.57. The molecule has 132 valence electrons. The molecule has 0 unspecified atom stereocenters. The van der Waals surface area contributed by atoms with Gasteiger partial charge in [0.25, 0.3) is 0 Å². The zero-order chi connectivity index (χ0) is 17.0. The smallest absolute Gasteiger partial charge is 0.211 e. The van der Waals surface area contributed by atoms with E-state index in [1.54, 1.807) is 0 Å². The van der Waals surface area contributed by atoms with Crippen LogP contribution in [0.15, 0.2) is 0 Å². The fourth-order valence-corrected chi connectivity index (χ4v) is 4.61. The Morgan fingerprint density at radius 2 is 1.82 bits per heavy atom. The summed E-state index contributed by atoms with van der Waals surface area (Å²) < 4.78 is 27.1. The quantitative estimate of drug-likeness (QED) is 0.735. The number of likely N-dealkylation sites (tertiary alicyclic amines) is 1. The molecule has 5 nitrogen and oxygen atoms in total. The molecule has 22 heavy (non-hydrogen) atoms. The molecular formula is C16H35N3O2S. The van der Waals surface area contributed by atoms with Gasteiger partial charge >= 0.3 is 0 Å². The second-order valence-corrected chi connectivity index (χ2v) is 9.46. The van der Waals surface area contributed by atoms with E-state index in [-0.39, 0.29) is 17.2 Å². The van der Waals surface area contributed by atoms with Crippen LogP contribution in [0.4, 0.5) is 0 Å². The number of rotatable bonds is 8. The van der Waals surface area contributed by atoms with Crippen LogP contribution in [0.2, 0.25) is 0 Å². The van der Waals surface area contributed by atoms with Crippen LogP contribution in [0.25, 0.3) is 0 Å². The van der Waals surface area contributed by atoms with E-state index in [4.69, 9.17) is 0 Å². The fraction of sp³-hybridized carbons (Fsp3) is 1.00. The molecule has 1 saturated heterocycles. The molecule has 0 bridgehead atoms. The number of nitrogens with zero attached hydrogens (tertiary/aromatic N) is 2. The van der Waals surface area contributed by atoms with Crippen LogP contribution in [0.5, 0.6) is 0 Å². The molecule has 1 fully saturated rings. The average molecular weight is 334 g/mol. The van der Waals surface area contributed by atoms with Crippen LogP contribution < -0.4 is 4.72 Å². The predicted octanol–water partition coefficient (Wildman–Crippen LogP) is 1.76. The molecule has 1 aliphatic rings. The molecule has 0 spiro atoms. The number of piperidine rings is 1. The van der Waals surface area contributed by atoms with Crippen LogP contribution >= 0.6 is 0 Å². The minimum Gasteiger partial charge on any atom is -0.306 e. The molecule has 0 aliphatic carbocycles. The maximum atomic E-state index is 12.1. The predicted molar refractivity (Wildman–Crippen MR) is 93.6 cm³/mol. The first-order chi connectivity index (χ1) is 10.1. The van der Waals surface area contributed by atoms with Crippen LogP contribution in [-0.4, -0.2) is 69.3 Å². The molecule has 0 aromatic carbocycles. The third kappa shape index (κ3) is 6.14. The Bertz CT molecular complexity index is 427. The van der Waals surface area contributed by atoms with Crippen LogP contribution in [0.3, 0.4) is 0 Å². The van der Waals surface area contributed by atoms with E-state index in [1.165, 1.54) is 0 Å². The molecule has 1 heterocycles. The van der Waals surface area contributed by atoms with Gasteiger partial charge in [0.2, 0.25) is 10.0 Å². The summed E-state index contributed by atoms with van der Waals surface area (Å²) in [5.41, 5.74) is -0.139. The van der Waals surface area contributed by atoms with Crippen LogP contribution in [0, 0.1) is 5.92 Å². The first-order valence-corrected chi connectivity index (χ1v) is 10.1. The highest BCUT2D eigenvalue weighted by molar-refractivity contribution is 7.89. The second kappa shape index (κ2) is 8.08. The van der Waals surface area contributed by atoms with Gasteiger partial charge in [-0.2, -0.15) is 0 Å². The summed E-state index contributed by atoms with van der Waals surface area (Å²) in [4.78, 5) is 4.71. The molecule has 1 N–H and O–H groups in total. The summed E-state index contributed by atoms with van der Waals surface area (Å²) in [6.07, 6.45) is 3.19. The van der Waals surface area contributed by atoms with Crippen molar-refractivity contribution in [1.82, 2.24) is 14.5 Å². The topological polar surface area (TPSA) is 52.7 Å². The summed E-state index contributed by atoms with van der Waals surface area (Å²) in [5.74, 6) is 0.430. The van der Waals surface area contributed by atoms with E-state index in [9.17, 15) is 8.42 Å². The molecule has 0 radical (unpaired) electrons. The lowest BCUT2D eigenvalue weighted by Gasteiger charge is -2.44.